The third-order valence-electron chi connectivity index (χ3n) is 5.08. The molecule has 3 aromatic carbocycles. The Kier molecular flexibility index (Phi) is 7.60. The van der Waals surface area contributed by atoms with Gasteiger partial charge in [0.25, 0.3) is 15.9 Å². The number of nitrogens with one attached hydrogen (secondary N) is 1. The van der Waals surface area contributed by atoms with Gasteiger partial charge in [-0.05, 0) is 61.4 Å². The van der Waals surface area contributed by atoms with Crippen LogP contribution in [0.5, 0.6) is 11.5 Å². The van der Waals surface area contributed by atoms with E-state index in [0.717, 1.165) is 11.3 Å². The fraction of sp³-hybridized carbons (Fsp3) is 0.240. The molecule has 0 saturated carbocycles. The number of sulfonamides is 1. The van der Waals surface area contributed by atoms with E-state index in [4.69, 9.17) is 9.47 Å². The molecule has 0 saturated heterocycles. The summed E-state index contributed by atoms with van der Waals surface area (Å²) in [6.07, 6.45) is 0. The van der Waals surface area contributed by atoms with Crippen molar-refractivity contribution < 1.29 is 22.7 Å². The topological polar surface area (TPSA) is 84.9 Å². The molecular weight excluding hydrogens is 440 g/mol. The normalized spacial score (nSPS) is 11.0. The highest BCUT2D eigenvalue weighted by atomic mass is 32.2. The number of nitrogens with zero attached hydrogens (tertiary/aromatic N) is 1. The number of amides is 1. The van der Waals surface area contributed by atoms with Crippen LogP contribution in [0, 0.1) is 6.92 Å². The Morgan fingerprint density at radius 2 is 1.73 bits per heavy atom. The first kappa shape index (κ1) is 24.1. The van der Waals surface area contributed by atoms with Crippen LogP contribution in [0.25, 0.3) is 0 Å². The second-order valence-corrected chi connectivity index (χ2v) is 9.18. The van der Waals surface area contributed by atoms with Crippen LogP contribution in [0.4, 0.5) is 5.69 Å². The van der Waals surface area contributed by atoms with Gasteiger partial charge in [0.2, 0.25) is 0 Å². The van der Waals surface area contributed by atoms with Crippen molar-refractivity contribution in [2.24, 2.45) is 0 Å². The predicted molar refractivity (Wildman–Crippen MR) is 128 cm³/mol. The molecule has 0 fully saturated rings. The van der Waals surface area contributed by atoms with Gasteiger partial charge in [0.05, 0.1) is 24.3 Å². The Labute approximate surface area is 195 Å². The molecule has 0 bridgehead atoms. The van der Waals surface area contributed by atoms with Crippen LogP contribution in [0.15, 0.2) is 71.6 Å². The van der Waals surface area contributed by atoms with E-state index < -0.39 is 10.0 Å². The molecule has 1 N–H and O–H groups in total. The summed E-state index contributed by atoms with van der Waals surface area (Å²) in [5.41, 5.74) is 2.08. The van der Waals surface area contributed by atoms with E-state index in [9.17, 15) is 13.2 Å². The van der Waals surface area contributed by atoms with E-state index >= 15 is 0 Å². The van der Waals surface area contributed by atoms with Crippen LogP contribution in [-0.2, 0) is 16.6 Å². The summed E-state index contributed by atoms with van der Waals surface area (Å²) in [6, 6.07) is 18.9. The van der Waals surface area contributed by atoms with Crippen LogP contribution in [-0.4, -0.2) is 40.0 Å². The van der Waals surface area contributed by atoms with Crippen molar-refractivity contribution in [1.29, 1.82) is 0 Å². The summed E-state index contributed by atoms with van der Waals surface area (Å²) in [7, 11) is -0.792. The van der Waals surface area contributed by atoms with Crippen molar-refractivity contribution in [2.45, 2.75) is 25.3 Å². The largest absolute Gasteiger partial charge is 0.495 e. The number of methoxy groups -OCH3 is 1. The first-order valence-corrected chi connectivity index (χ1v) is 12.0. The van der Waals surface area contributed by atoms with Crippen LogP contribution >= 0.6 is 0 Å². The van der Waals surface area contributed by atoms with Gasteiger partial charge in [-0.1, -0.05) is 30.3 Å². The Bertz CT molecular complexity index is 1220. The number of rotatable bonds is 9. The standard InChI is InChI=1S/C25H28N2O5S/c1-5-32-21-14-11-19(12-15-21)17-27(3)25(28)20-13-10-18(2)24(16-20)33(29,30)26-22-8-6-7-9-23(22)31-4/h6-16,26H,5,17H2,1-4H3. The maximum Gasteiger partial charge on any atom is 0.262 e. The van der Waals surface area contributed by atoms with E-state index in [2.05, 4.69) is 4.72 Å². The van der Waals surface area contributed by atoms with E-state index in [0.29, 0.717) is 30.2 Å². The molecule has 0 aromatic heterocycles. The highest BCUT2D eigenvalue weighted by Crippen LogP contribution is 2.28. The minimum atomic E-state index is -3.94. The smallest absolute Gasteiger partial charge is 0.262 e. The van der Waals surface area contributed by atoms with Gasteiger partial charge in [0, 0.05) is 19.2 Å². The van der Waals surface area contributed by atoms with E-state index in [1.807, 2.05) is 31.2 Å². The first-order valence-electron chi connectivity index (χ1n) is 10.5. The van der Waals surface area contributed by atoms with Crippen molar-refractivity contribution in [3.05, 3.63) is 83.4 Å². The van der Waals surface area contributed by atoms with Gasteiger partial charge in [0.15, 0.2) is 0 Å². The number of ether oxygens (including phenoxy) is 2. The lowest BCUT2D eigenvalue weighted by molar-refractivity contribution is 0.0785. The van der Waals surface area contributed by atoms with Crippen LogP contribution in [0.1, 0.15) is 28.4 Å². The van der Waals surface area contributed by atoms with Crippen LogP contribution in [0.3, 0.4) is 0 Å². The molecule has 0 aliphatic rings. The van der Waals surface area contributed by atoms with Crippen molar-refractivity contribution >= 4 is 21.6 Å². The van der Waals surface area contributed by atoms with Gasteiger partial charge < -0.3 is 14.4 Å². The molecule has 0 aliphatic heterocycles. The number of anilines is 1. The Balaban J connectivity index is 1.81. The van der Waals surface area contributed by atoms with Crippen LogP contribution in [0.2, 0.25) is 0 Å². The molecule has 3 rings (SSSR count). The summed E-state index contributed by atoms with van der Waals surface area (Å²) in [5, 5.41) is 0. The molecule has 0 atom stereocenters. The predicted octanol–water partition coefficient (Wildman–Crippen LogP) is 4.48. The van der Waals surface area contributed by atoms with Gasteiger partial charge in [-0.3, -0.25) is 9.52 Å². The zero-order chi connectivity index (χ0) is 24.0. The molecule has 33 heavy (non-hydrogen) atoms. The number of para-hydroxylation sites is 2. The molecule has 174 valence electrons. The zero-order valence-electron chi connectivity index (χ0n) is 19.2. The summed E-state index contributed by atoms with van der Waals surface area (Å²) < 4.78 is 39.4. The molecule has 0 heterocycles. The lowest BCUT2D eigenvalue weighted by Gasteiger charge is -2.19. The summed E-state index contributed by atoms with van der Waals surface area (Å²) in [6.45, 7) is 4.57. The SMILES string of the molecule is CCOc1ccc(CN(C)C(=O)c2ccc(C)c(S(=O)(=O)Nc3ccccc3OC)c2)cc1. The highest BCUT2D eigenvalue weighted by molar-refractivity contribution is 7.92. The molecule has 3 aromatic rings. The zero-order valence-corrected chi connectivity index (χ0v) is 20.0. The van der Waals surface area contributed by atoms with E-state index in [1.54, 1.807) is 55.3 Å². The number of carbonyl (C=O) groups excluding carboxylic acids is 1. The molecule has 0 aliphatic carbocycles. The summed E-state index contributed by atoms with van der Waals surface area (Å²) in [5.74, 6) is 0.893. The maximum absolute atomic E-state index is 13.1. The third-order valence-corrected chi connectivity index (χ3v) is 6.58. The average Bonchev–Trinajstić information content (AvgIpc) is 2.80. The maximum atomic E-state index is 13.1. The highest BCUT2D eigenvalue weighted by Gasteiger charge is 2.22. The van der Waals surface area contributed by atoms with Crippen molar-refractivity contribution in [3.8, 4) is 11.5 Å². The minimum absolute atomic E-state index is 0.0359. The molecule has 0 spiro atoms. The molecule has 8 heteroatoms. The number of carbonyl (C=O) groups is 1. The van der Waals surface area contributed by atoms with Crippen molar-refractivity contribution in [2.75, 3.05) is 25.5 Å². The molecule has 1 amide bonds. The monoisotopic (exact) mass is 468 g/mol. The molecule has 0 radical (unpaired) electrons. The lowest BCUT2D eigenvalue weighted by Crippen LogP contribution is -2.26. The summed E-state index contributed by atoms with van der Waals surface area (Å²) in [4.78, 5) is 14.6. The quantitative estimate of drug-likeness (QED) is 0.501. The number of benzene rings is 3. The third kappa shape index (κ3) is 5.84. The molecule has 7 nitrogen and oxygen atoms in total. The van der Waals surface area contributed by atoms with Gasteiger partial charge in [-0.15, -0.1) is 0 Å². The summed E-state index contributed by atoms with van der Waals surface area (Å²) >= 11 is 0. The van der Waals surface area contributed by atoms with Crippen molar-refractivity contribution in [3.63, 3.8) is 0 Å². The van der Waals surface area contributed by atoms with Gasteiger partial charge in [-0.25, -0.2) is 8.42 Å². The fourth-order valence-electron chi connectivity index (χ4n) is 3.38. The number of aryl methyl sites for hydroxylation is 1. The lowest BCUT2D eigenvalue weighted by atomic mass is 10.1. The Morgan fingerprint density at radius 3 is 2.39 bits per heavy atom. The molecular formula is C25H28N2O5S. The number of hydrogen-bond donors (Lipinski definition) is 1. The average molecular weight is 469 g/mol. The Hall–Kier alpha value is -3.52. The second-order valence-electron chi connectivity index (χ2n) is 7.52. The van der Waals surface area contributed by atoms with Crippen molar-refractivity contribution in [1.82, 2.24) is 4.90 Å². The fourth-order valence-corrected chi connectivity index (χ4v) is 4.72. The van der Waals surface area contributed by atoms with Crippen LogP contribution < -0.4 is 14.2 Å². The minimum Gasteiger partial charge on any atom is -0.495 e. The van der Waals surface area contributed by atoms with Gasteiger partial charge in [0.1, 0.15) is 11.5 Å². The first-order chi connectivity index (χ1) is 15.7. The van der Waals surface area contributed by atoms with E-state index in [1.165, 1.54) is 13.2 Å². The molecule has 0 unspecified atom stereocenters. The van der Waals surface area contributed by atoms with Gasteiger partial charge >= 0.3 is 0 Å². The Morgan fingerprint density at radius 1 is 1.03 bits per heavy atom. The van der Waals surface area contributed by atoms with E-state index in [-0.39, 0.29) is 16.4 Å². The number of hydrogen-bond acceptors (Lipinski definition) is 5. The second kappa shape index (κ2) is 10.4. The van der Waals surface area contributed by atoms with Gasteiger partial charge in [-0.2, -0.15) is 0 Å².